The summed E-state index contributed by atoms with van der Waals surface area (Å²) < 4.78 is 29.3. The Morgan fingerprint density at radius 2 is 1.67 bits per heavy atom. The van der Waals surface area contributed by atoms with Crippen molar-refractivity contribution >= 4 is 22.8 Å². The Balaban J connectivity index is 0.961. The normalized spacial score (nSPS) is 26.6. The number of ketones is 1. The molecular weight excluding hydrogens is 1170 g/mol. The summed E-state index contributed by atoms with van der Waals surface area (Å²) in [5.74, 6) is 8.89. The van der Waals surface area contributed by atoms with Crippen molar-refractivity contribution in [2.24, 2.45) is 17.3 Å². The molecule has 11 N–H and O–H groups in total. The van der Waals surface area contributed by atoms with Gasteiger partial charge < -0.3 is 65.2 Å². The second-order valence-corrected chi connectivity index (χ2v) is 28.5. The molecule has 494 valence electrons. The summed E-state index contributed by atoms with van der Waals surface area (Å²) in [4.78, 5) is 17.3. The van der Waals surface area contributed by atoms with Crippen LogP contribution in [0.5, 0.6) is 28.7 Å². The van der Waals surface area contributed by atoms with Gasteiger partial charge in [0, 0.05) is 97.5 Å². The number of hydrogen-bond acceptors (Lipinski definition) is 15. The number of hydrogen-bond donors (Lipinski definition) is 11. The fourth-order valence-corrected chi connectivity index (χ4v) is 17.5. The molecule has 6 aromatic rings. The Morgan fingerprint density at radius 3 is 2.48 bits per heavy atom. The summed E-state index contributed by atoms with van der Waals surface area (Å²) in [5, 5.41) is 83.2. The zero-order chi connectivity index (χ0) is 64.4. The molecule has 4 aliphatic carbocycles. The number of nitrogens with one attached hydrogen (secondary N) is 5. The van der Waals surface area contributed by atoms with Gasteiger partial charge >= 0.3 is 0 Å². The average molecular weight is 1270 g/mol. The molecule has 1 spiro atoms. The van der Waals surface area contributed by atoms with Crippen LogP contribution >= 0.6 is 0 Å². The smallest absolute Gasteiger partial charge is 0.161 e. The van der Waals surface area contributed by atoms with E-state index in [-0.39, 0.29) is 104 Å². The fourth-order valence-electron chi connectivity index (χ4n) is 17.5. The molecule has 16 heteroatoms. The predicted octanol–water partition coefficient (Wildman–Crippen LogP) is 10.5. The minimum Gasteiger partial charge on any atom is -0.507 e. The van der Waals surface area contributed by atoms with Crippen molar-refractivity contribution in [3.05, 3.63) is 141 Å². The summed E-state index contributed by atoms with van der Waals surface area (Å²) in [6, 6.07) is 27.8. The number of aromatic hydroxyl groups is 2. The van der Waals surface area contributed by atoms with E-state index in [0.717, 1.165) is 120 Å². The molecule has 0 amide bonds. The lowest BCUT2D eigenvalue weighted by atomic mass is 9.62. The maximum absolute atomic E-state index is 13.9. The number of aromatic nitrogens is 1. The number of phenolic OH excluding ortho intramolecular Hbond substituents is 2. The van der Waals surface area contributed by atoms with Crippen molar-refractivity contribution in [3.8, 4) is 51.7 Å². The number of aliphatic hydroxyl groups is 4. The van der Waals surface area contributed by atoms with Gasteiger partial charge in [0.25, 0.3) is 0 Å². The number of aliphatic hydroxyl groups excluding tert-OH is 3. The van der Waals surface area contributed by atoms with Gasteiger partial charge in [-0.15, -0.1) is 0 Å². The highest BCUT2D eigenvalue weighted by molar-refractivity contribution is 5.90. The molecule has 2 fully saturated rings. The molecule has 2 bridgehead atoms. The van der Waals surface area contributed by atoms with Gasteiger partial charge in [-0.1, -0.05) is 87.1 Å². The molecule has 11 atom stereocenters. The summed E-state index contributed by atoms with van der Waals surface area (Å²) in [6.07, 6.45) is 14.0. The first kappa shape index (κ1) is 64.9. The van der Waals surface area contributed by atoms with E-state index in [1.807, 2.05) is 25.3 Å². The monoisotopic (exact) mass is 1270 g/mol. The van der Waals surface area contributed by atoms with Crippen molar-refractivity contribution in [2.75, 3.05) is 52.9 Å². The highest BCUT2D eigenvalue weighted by Gasteiger charge is 2.56. The molecular formula is C77H95N5O11. The van der Waals surface area contributed by atoms with E-state index in [9.17, 15) is 35.4 Å². The van der Waals surface area contributed by atoms with E-state index in [0.29, 0.717) is 68.7 Å². The molecule has 16 nitrogen and oxygen atoms in total. The van der Waals surface area contributed by atoms with Crippen LogP contribution in [0.1, 0.15) is 167 Å². The Labute approximate surface area is 547 Å². The lowest BCUT2D eigenvalue weighted by molar-refractivity contribution is -0.145. The van der Waals surface area contributed by atoms with Gasteiger partial charge in [-0.2, -0.15) is 0 Å². The Hall–Kier alpha value is -6.75. The number of carbonyl (C=O) groups excluding carboxylic acids is 1. The maximum atomic E-state index is 13.9. The minimum absolute atomic E-state index is 0.000213. The van der Waals surface area contributed by atoms with Crippen LogP contribution in [0.25, 0.3) is 28.1 Å². The number of H-pyrrole nitrogens is 1. The highest BCUT2D eigenvalue weighted by Crippen LogP contribution is 2.62. The Kier molecular flexibility index (Phi) is 19.5. The molecule has 13 rings (SSSR count). The first-order chi connectivity index (χ1) is 45.2. The lowest BCUT2D eigenvalue weighted by Gasteiger charge is -2.50. The van der Waals surface area contributed by atoms with Crippen LogP contribution in [0, 0.1) is 29.1 Å². The largest absolute Gasteiger partial charge is 0.507 e. The van der Waals surface area contributed by atoms with Crippen LogP contribution in [0.15, 0.2) is 96.7 Å². The van der Waals surface area contributed by atoms with Gasteiger partial charge in [0.15, 0.2) is 17.6 Å². The van der Waals surface area contributed by atoms with Crippen LogP contribution < -0.4 is 35.5 Å². The SMILES string of the molecule is CC(C)CC(C)(O)CNCNC1C#CCC(CO)Oc2cc(ccc2O)C2Oc3c(c4c(c5c3CCC(CO)O5)-c3ccc(O)c5c3C(C4)C(c3ccc4[nH]ccc4c3)C(CNCCCc3ccccc3)=C5)CC12OCNC1CCCC2(CCCC2C(=O)CCCO)C1. The van der Waals surface area contributed by atoms with E-state index in [4.69, 9.17) is 18.9 Å². The van der Waals surface area contributed by atoms with Crippen molar-refractivity contribution in [2.45, 2.75) is 183 Å². The number of aromatic amines is 1. The molecule has 5 aromatic carbocycles. The molecule has 7 aliphatic rings. The third-order valence-corrected chi connectivity index (χ3v) is 21.5. The highest BCUT2D eigenvalue weighted by atomic mass is 16.6. The quantitative estimate of drug-likeness (QED) is 0.0154. The molecule has 2 saturated carbocycles. The molecule has 0 radical (unpaired) electrons. The number of phenols is 2. The van der Waals surface area contributed by atoms with Crippen LogP contribution in [0.4, 0.5) is 0 Å². The topological polar surface area (TPSA) is 239 Å². The summed E-state index contributed by atoms with van der Waals surface area (Å²) >= 11 is 0. The second-order valence-electron chi connectivity index (χ2n) is 28.5. The van der Waals surface area contributed by atoms with Crippen molar-refractivity contribution in [3.63, 3.8) is 0 Å². The molecule has 11 unspecified atom stereocenters. The fraction of sp³-hybridized carbons (Fsp3) is 0.519. The summed E-state index contributed by atoms with van der Waals surface area (Å²) in [6.45, 7) is 7.55. The van der Waals surface area contributed by atoms with Gasteiger partial charge in [0.1, 0.15) is 46.9 Å². The zero-order valence-corrected chi connectivity index (χ0v) is 54.3. The third-order valence-electron chi connectivity index (χ3n) is 21.5. The molecule has 1 aromatic heterocycles. The van der Waals surface area contributed by atoms with Gasteiger partial charge in [-0.05, 0) is 195 Å². The first-order valence-corrected chi connectivity index (χ1v) is 34.5. The van der Waals surface area contributed by atoms with Crippen LogP contribution in [0.2, 0.25) is 0 Å². The maximum Gasteiger partial charge on any atom is 0.161 e. The molecule has 93 heavy (non-hydrogen) atoms. The van der Waals surface area contributed by atoms with Crippen LogP contribution in [-0.4, -0.2) is 130 Å². The second kappa shape index (κ2) is 27.9. The van der Waals surface area contributed by atoms with Gasteiger partial charge in [-0.25, -0.2) is 0 Å². The van der Waals surface area contributed by atoms with Crippen molar-refractivity contribution in [1.29, 1.82) is 0 Å². The summed E-state index contributed by atoms with van der Waals surface area (Å²) in [5.41, 5.74) is 9.40. The zero-order valence-electron chi connectivity index (χ0n) is 54.3. The van der Waals surface area contributed by atoms with Crippen LogP contribution in [0.3, 0.4) is 0 Å². The van der Waals surface area contributed by atoms with E-state index in [2.05, 4.69) is 119 Å². The van der Waals surface area contributed by atoms with Gasteiger partial charge in [0.2, 0.25) is 0 Å². The Bertz CT molecular complexity index is 3760. The van der Waals surface area contributed by atoms with Crippen molar-refractivity contribution in [1.82, 2.24) is 26.3 Å². The van der Waals surface area contributed by atoms with Crippen molar-refractivity contribution < 1.29 is 54.4 Å². The average Bonchev–Trinajstić information content (AvgIpc) is 1.01. The van der Waals surface area contributed by atoms with Gasteiger partial charge in [0.05, 0.1) is 25.5 Å². The summed E-state index contributed by atoms with van der Waals surface area (Å²) in [7, 11) is 0. The molecule has 4 heterocycles. The number of ether oxygens (including phenoxy) is 4. The number of fused-ring (bicyclic) bond motifs is 12. The molecule has 0 saturated heterocycles. The number of benzene rings is 5. The minimum atomic E-state index is -1.38. The lowest BCUT2D eigenvalue weighted by Crippen LogP contribution is -2.62. The van der Waals surface area contributed by atoms with E-state index < -0.39 is 35.6 Å². The number of rotatable bonds is 24. The number of Topliss-reactive ketones (excluding diaryl/α,β-unsaturated/α-hetero) is 1. The standard InChI is InChI=1S/C77H95N5O11/c1-47(2)38-75(3,89)44-79-45-81-68-19-7-16-54(42-84)91-67-36-51(21-26-66(67)88)74-77(68,90-46-82-53-15-8-29-76(39-53)30-9-17-62(76)65(87)18-11-33-83)40-61-58-37-60-69(50-20-25-63-49(34-50)28-32-80-63)52(41-78-31-10-14-48-12-5-4-6-13-48)35-59-64(86)27-24-56(70(59)60)71(58)73-57(72(61)93-74)23-22-55(43-85)92-73/h4-6,12-13,20-21,24-28,32,34-36,47,53-55,60,62,68-69,74,78-86,88-89H,8-11,14-18,22-23,29-31,33,37-46H2,1-3H3. The Morgan fingerprint density at radius 1 is 0.849 bits per heavy atom. The van der Waals surface area contributed by atoms with Crippen LogP contribution in [-0.2, 0) is 35.2 Å². The number of carbonyl (C=O) groups is 1. The van der Waals surface area contributed by atoms with Gasteiger partial charge in [-0.3, -0.25) is 15.4 Å². The van der Waals surface area contributed by atoms with E-state index >= 15 is 0 Å². The number of aryl methyl sites for hydroxylation is 1. The first-order valence-electron chi connectivity index (χ1n) is 34.5. The molecule has 3 aliphatic heterocycles. The predicted molar refractivity (Wildman–Crippen MR) is 361 cm³/mol. The third kappa shape index (κ3) is 13.2. The van der Waals surface area contributed by atoms with E-state index in [1.165, 1.54) is 11.1 Å². The van der Waals surface area contributed by atoms with E-state index in [1.54, 1.807) is 12.1 Å².